The molecule has 0 radical (unpaired) electrons. The molecule has 0 aromatic heterocycles. The van der Waals surface area contributed by atoms with Gasteiger partial charge in [0.25, 0.3) is 0 Å². The van der Waals surface area contributed by atoms with Crippen LogP contribution in [0, 0.1) is 6.92 Å². The van der Waals surface area contributed by atoms with Crippen LogP contribution in [0.3, 0.4) is 0 Å². The number of halogens is 3. The lowest BCUT2D eigenvalue weighted by atomic mass is 10.1. The quantitative estimate of drug-likeness (QED) is 0.756. The van der Waals surface area contributed by atoms with Gasteiger partial charge in [0.15, 0.2) is 0 Å². The SMILES string of the molecule is Cc1ccccc1OCCNS(=O)(=O)Cc1cccc(C(F)(F)F)c1. The zero-order valence-corrected chi connectivity index (χ0v) is 14.3. The highest BCUT2D eigenvalue weighted by molar-refractivity contribution is 7.88. The second-order valence-corrected chi connectivity index (χ2v) is 7.27. The van der Waals surface area contributed by atoms with E-state index in [0.29, 0.717) is 5.75 Å². The van der Waals surface area contributed by atoms with Crippen molar-refractivity contribution in [3.63, 3.8) is 0 Å². The number of nitrogens with one attached hydrogen (secondary N) is 1. The van der Waals surface area contributed by atoms with Crippen molar-refractivity contribution in [2.75, 3.05) is 13.2 Å². The third kappa shape index (κ3) is 6.06. The lowest BCUT2D eigenvalue weighted by Gasteiger charge is -2.11. The number of hydrogen-bond donors (Lipinski definition) is 1. The zero-order valence-electron chi connectivity index (χ0n) is 13.5. The Balaban J connectivity index is 1.89. The van der Waals surface area contributed by atoms with E-state index in [-0.39, 0.29) is 18.7 Å². The summed E-state index contributed by atoms with van der Waals surface area (Å²) in [5, 5.41) is 0. The average Bonchev–Trinajstić information content (AvgIpc) is 2.52. The Morgan fingerprint density at radius 2 is 1.80 bits per heavy atom. The first kappa shape index (κ1) is 19.3. The van der Waals surface area contributed by atoms with Gasteiger partial charge >= 0.3 is 6.18 Å². The van der Waals surface area contributed by atoms with E-state index in [9.17, 15) is 21.6 Å². The summed E-state index contributed by atoms with van der Waals surface area (Å²) in [4.78, 5) is 0. The summed E-state index contributed by atoms with van der Waals surface area (Å²) in [5.41, 5.74) is 0.125. The maximum absolute atomic E-state index is 12.7. The molecule has 0 fully saturated rings. The third-order valence-corrected chi connectivity index (χ3v) is 4.74. The van der Waals surface area contributed by atoms with E-state index >= 15 is 0 Å². The van der Waals surface area contributed by atoms with Crippen molar-refractivity contribution in [3.05, 3.63) is 65.2 Å². The molecular weight excluding hydrogens is 355 g/mol. The average molecular weight is 373 g/mol. The molecule has 0 unspecified atom stereocenters. The van der Waals surface area contributed by atoms with Crippen LogP contribution in [0.2, 0.25) is 0 Å². The van der Waals surface area contributed by atoms with Crippen LogP contribution in [0.1, 0.15) is 16.7 Å². The Morgan fingerprint density at radius 1 is 1.08 bits per heavy atom. The second kappa shape index (κ2) is 7.88. The van der Waals surface area contributed by atoms with Crippen molar-refractivity contribution < 1.29 is 26.3 Å². The predicted octanol–water partition coefficient (Wildman–Crippen LogP) is 3.51. The summed E-state index contributed by atoms with van der Waals surface area (Å²) in [7, 11) is -3.76. The van der Waals surface area contributed by atoms with Gasteiger partial charge in [-0.3, -0.25) is 0 Å². The molecule has 4 nitrogen and oxygen atoms in total. The van der Waals surface area contributed by atoms with Gasteiger partial charge in [0.2, 0.25) is 10.0 Å². The molecular formula is C17H18F3NO3S. The summed E-state index contributed by atoms with van der Waals surface area (Å²) >= 11 is 0. The monoisotopic (exact) mass is 373 g/mol. The van der Waals surface area contributed by atoms with E-state index in [2.05, 4.69) is 4.72 Å². The smallest absolute Gasteiger partial charge is 0.416 e. The van der Waals surface area contributed by atoms with Gasteiger partial charge in [-0.05, 0) is 30.2 Å². The summed E-state index contributed by atoms with van der Waals surface area (Å²) in [5.74, 6) is 0.126. The van der Waals surface area contributed by atoms with E-state index in [1.165, 1.54) is 12.1 Å². The van der Waals surface area contributed by atoms with E-state index in [0.717, 1.165) is 17.7 Å². The van der Waals surface area contributed by atoms with Gasteiger partial charge in [-0.25, -0.2) is 13.1 Å². The maximum Gasteiger partial charge on any atom is 0.416 e. The van der Waals surface area contributed by atoms with Crippen molar-refractivity contribution in [1.82, 2.24) is 4.72 Å². The molecule has 8 heteroatoms. The number of rotatable bonds is 7. The highest BCUT2D eigenvalue weighted by atomic mass is 32.2. The Labute approximate surface area is 144 Å². The van der Waals surface area contributed by atoms with Crippen LogP contribution in [0.25, 0.3) is 0 Å². The summed E-state index contributed by atoms with van der Waals surface area (Å²) < 4.78 is 69.8. The van der Waals surface area contributed by atoms with Crippen LogP contribution in [-0.2, 0) is 22.0 Å². The topological polar surface area (TPSA) is 55.4 Å². The fraction of sp³-hybridized carbons (Fsp3) is 0.294. The molecule has 1 N–H and O–H groups in total. The first-order valence-corrected chi connectivity index (χ1v) is 9.14. The van der Waals surface area contributed by atoms with Crippen LogP contribution in [0.15, 0.2) is 48.5 Å². The summed E-state index contributed by atoms with van der Waals surface area (Å²) in [6.45, 7) is 2.01. The summed E-state index contributed by atoms with van der Waals surface area (Å²) in [6, 6.07) is 11.6. The normalized spacial score (nSPS) is 12.2. The largest absolute Gasteiger partial charge is 0.492 e. The van der Waals surface area contributed by atoms with Crippen molar-refractivity contribution in [2.45, 2.75) is 18.9 Å². The highest BCUT2D eigenvalue weighted by Gasteiger charge is 2.30. The number of benzene rings is 2. The first-order valence-electron chi connectivity index (χ1n) is 7.49. The number of hydrogen-bond acceptors (Lipinski definition) is 3. The number of ether oxygens (including phenoxy) is 1. The maximum atomic E-state index is 12.7. The van der Waals surface area contributed by atoms with E-state index in [4.69, 9.17) is 4.74 Å². The Kier molecular flexibility index (Phi) is 6.07. The molecule has 0 aliphatic rings. The molecule has 2 aromatic rings. The van der Waals surface area contributed by atoms with Gasteiger partial charge in [0, 0.05) is 6.54 Å². The van der Waals surface area contributed by atoms with E-state index < -0.39 is 27.5 Å². The molecule has 0 saturated heterocycles. The van der Waals surface area contributed by atoms with Crippen LogP contribution < -0.4 is 9.46 Å². The summed E-state index contributed by atoms with van der Waals surface area (Å²) in [6.07, 6.45) is -4.51. The minimum Gasteiger partial charge on any atom is -0.492 e. The van der Waals surface area contributed by atoms with Gasteiger partial charge in [-0.2, -0.15) is 13.2 Å². The Bertz CT molecular complexity index is 820. The van der Waals surface area contributed by atoms with Gasteiger partial charge < -0.3 is 4.74 Å². The first-order chi connectivity index (χ1) is 11.7. The third-order valence-electron chi connectivity index (χ3n) is 3.39. The standard InChI is InChI=1S/C17H18F3NO3S/c1-13-5-2-3-8-16(13)24-10-9-21-25(22,23)12-14-6-4-7-15(11-14)17(18,19)20/h2-8,11,21H,9-10,12H2,1H3. The van der Waals surface area contributed by atoms with E-state index in [1.807, 2.05) is 19.1 Å². The molecule has 136 valence electrons. The van der Waals surface area contributed by atoms with Crippen molar-refractivity contribution in [1.29, 1.82) is 0 Å². The van der Waals surface area contributed by atoms with Crippen LogP contribution in [0.4, 0.5) is 13.2 Å². The van der Waals surface area contributed by atoms with Gasteiger partial charge in [0.1, 0.15) is 12.4 Å². The molecule has 0 atom stereocenters. The molecule has 25 heavy (non-hydrogen) atoms. The van der Waals surface area contributed by atoms with Crippen molar-refractivity contribution in [3.8, 4) is 5.75 Å². The number of alkyl halides is 3. The second-order valence-electron chi connectivity index (χ2n) is 5.47. The molecule has 2 aromatic carbocycles. The number of para-hydroxylation sites is 1. The lowest BCUT2D eigenvalue weighted by molar-refractivity contribution is -0.137. The molecule has 0 bridgehead atoms. The van der Waals surface area contributed by atoms with Gasteiger partial charge in [0.05, 0.1) is 11.3 Å². The lowest BCUT2D eigenvalue weighted by Crippen LogP contribution is -2.29. The van der Waals surface area contributed by atoms with Crippen LogP contribution in [0.5, 0.6) is 5.75 Å². The molecule has 0 amide bonds. The molecule has 0 aliphatic heterocycles. The predicted molar refractivity (Wildman–Crippen MR) is 88.7 cm³/mol. The zero-order chi connectivity index (χ0) is 18.5. The number of aryl methyl sites for hydroxylation is 1. The highest BCUT2D eigenvalue weighted by Crippen LogP contribution is 2.29. The van der Waals surface area contributed by atoms with Crippen LogP contribution in [-0.4, -0.2) is 21.6 Å². The van der Waals surface area contributed by atoms with Crippen molar-refractivity contribution in [2.24, 2.45) is 0 Å². The van der Waals surface area contributed by atoms with Gasteiger partial charge in [-0.15, -0.1) is 0 Å². The fourth-order valence-corrected chi connectivity index (χ4v) is 3.30. The van der Waals surface area contributed by atoms with Crippen molar-refractivity contribution >= 4 is 10.0 Å². The number of sulfonamides is 1. The minimum atomic E-state index is -4.51. The molecule has 0 saturated carbocycles. The fourth-order valence-electron chi connectivity index (χ4n) is 2.18. The Morgan fingerprint density at radius 3 is 2.48 bits per heavy atom. The van der Waals surface area contributed by atoms with Gasteiger partial charge in [-0.1, -0.05) is 36.4 Å². The minimum absolute atomic E-state index is 0.0234. The Hall–Kier alpha value is -2.06. The van der Waals surface area contributed by atoms with E-state index in [1.54, 1.807) is 12.1 Å². The van der Waals surface area contributed by atoms with Crippen LogP contribution >= 0.6 is 0 Å². The molecule has 2 rings (SSSR count). The molecule has 0 heterocycles. The molecule has 0 spiro atoms. The molecule has 0 aliphatic carbocycles.